The number of aliphatic hydroxyl groups is 8. The molecule has 1 amide bonds. The van der Waals surface area contributed by atoms with Gasteiger partial charge in [0.15, 0.2) is 12.6 Å². The van der Waals surface area contributed by atoms with Crippen molar-refractivity contribution in [2.24, 2.45) is 0 Å². The van der Waals surface area contributed by atoms with Crippen LogP contribution >= 0.6 is 0 Å². The first-order valence-electron chi connectivity index (χ1n) is 36.6. The summed E-state index contributed by atoms with van der Waals surface area (Å²) >= 11 is 0. The van der Waals surface area contributed by atoms with Crippen LogP contribution in [0.2, 0.25) is 0 Å². The molecule has 9 N–H and O–H groups in total. The Bertz CT molecular complexity index is 1540. The molecule has 0 saturated carbocycles. The second kappa shape index (κ2) is 57.4. The number of allylic oxidation sites excluding steroid dienone is 3. The maximum absolute atomic E-state index is 13.3. The summed E-state index contributed by atoms with van der Waals surface area (Å²) in [5, 5.41) is 87.2. The maximum Gasteiger partial charge on any atom is 0.220 e. The van der Waals surface area contributed by atoms with E-state index < -0.39 is 86.8 Å². The first-order valence-corrected chi connectivity index (χ1v) is 36.6. The van der Waals surface area contributed by atoms with Gasteiger partial charge < -0.3 is 65.1 Å². The Morgan fingerprint density at radius 2 is 0.744 bits per heavy atom. The van der Waals surface area contributed by atoms with Crippen molar-refractivity contribution < 1.29 is 64.6 Å². The van der Waals surface area contributed by atoms with Crippen LogP contribution < -0.4 is 5.32 Å². The highest BCUT2D eigenvalue weighted by Gasteiger charge is 2.51. The quantitative estimate of drug-likeness (QED) is 0.0204. The number of hydrogen-bond acceptors (Lipinski definition) is 13. The van der Waals surface area contributed by atoms with Crippen LogP contribution in [0.5, 0.6) is 0 Å². The lowest BCUT2D eigenvalue weighted by Crippen LogP contribution is -2.65. The topological polar surface area (TPSA) is 228 Å². The Balaban J connectivity index is 1.53. The van der Waals surface area contributed by atoms with Gasteiger partial charge in [0.05, 0.1) is 32.0 Å². The van der Waals surface area contributed by atoms with Gasteiger partial charge in [-0.15, -0.1) is 0 Å². The standard InChI is InChI=1S/C72H137NO13/c1-3-5-7-9-11-13-15-17-18-19-20-21-22-23-24-25-26-27-28-29-30-31-32-33-34-35-36-37-38-39-40-41-42-44-46-48-50-52-54-56-64(77)73-60(61(76)55-53-51-49-47-45-43-16-14-12-10-8-6-4-2)59-83-71-69(82)67(80)70(63(58-75)85-71)86-72-68(81)66(79)65(78)62(57-74)84-72/h45,47,53,55,60-63,65-72,74-76,78-82H,3-44,46,48-52,54,56-59H2,1-2H3,(H,73,77)/b47-45+,55-53+. The molecule has 2 aliphatic rings. The predicted molar refractivity (Wildman–Crippen MR) is 351 cm³/mol. The summed E-state index contributed by atoms with van der Waals surface area (Å²) in [6.07, 6.45) is 55.8. The number of ether oxygens (including phenoxy) is 4. The average molecular weight is 1220 g/mol. The van der Waals surface area contributed by atoms with Crippen molar-refractivity contribution in [2.75, 3.05) is 19.8 Å². The summed E-state index contributed by atoms with van der Waals surface area (Å²) in [6.45, 7) is 2.80. The highest BCUT2D eigenvalue weighted by Crippen LogP contribution is 2.30. The molecule has 86 heavy (non-hydrogen) atoms. The predicted octanol–water partition coefficient (Wildman–Crippen LogP) is 15.1. The number of rotatable bonds is 61. The lowest BCUT2D eigenvalue weighted by molar-refractivity contribution is -0.359. The zero-order valence-electron chi connectivity index (χ0n) is 55.3. The number of unbranched alkanes of at least 4 members (excludes halogenated alkanes) is 46. The number of carbonyl (C=O) groups is 1. The van der Waals surface area contributed by atoms with Gasteiger partial charge in [0, 0.05) is 6.42 Å². The van der Waals surface area contributed by atoms with Crippen molar-refractivity contribution in [3.8, 4) is 0 Å². The molecule has 2 saturated heterocycles. The first kappa shape index (κ1) is 80.6. The van der Waals surface area contributed by atoms with Crippen LogP contribution in [-0.4, -0.2) is 140 Å². The van der Waals surface area contributed by atoms with E-state index in [0.29, 0.717) is 12.8 Å². The molecule has 0 bridgehead atoms. The van der Waals surface area contributed by atoms with Gasteiger partial charge in [-0.2, -0.15) is 0 Å². The minimum absolute atomic E-state index is 0.243. The fraction of sp³-hybridized carbons (Fsp3) is 0.931. The normalized spacial score (nSPS) is 23.5. The first-order chi connectivity index (χ1) is 42.1. The van der Waals surface area contributed by atoms with E-state index in [1.807, 2.05) is 6.08 Å². The third kappa shape index (κ3) is 41.1. The van der Waals surface area contributed by atoms with E-state index in [1.54, 1.807) is 6.08 Å². The van der Waals surface area contributed by atoms with Gasteiger partial charge in [0.2, 0.25) is 5.91 Å². The minimum Gasteiger partial charge on any atom is -0.394 e. The fourth-order valence-electron chi connectivity index (χ4n) is 12.3. The molecule has 14 heteroatoms. The maximum atomic E-state index is 13.3. The molecule has 2 fully saturated rings. The van der Waals surface area contributed by atoms with E-state index in [1.165, 1.54) is 270 Å². The highest BCUT2D eigenvalue weighted by atomic mass is 16.7. The largest absolute Gasteiger partial charge is 0.394 e. The molecular formula is C72H137NO13. The third-order valence-corrected chi connectivity index (χ3v) is 18.1. The van der Waals surface area contributed by atoms with Crippen LogP contribution in [0.4, 0.5) is 0 Å². The molecule has 2 aliphatic heterocycles. The number of hydrogen-bond donors (Lipinski definition) is 9. The number of carbonyl (C=O) groups excluding carboxylic acids is 1. The van der Waals surface area contributed by atoms with E-state index in [4.69, 9.17) is 18.9 Å². The Labute approximate surface area is 526 Å². The smallest absolute Gasteiger partial charge is 0.220 e. The van der Waals surface area contributed by atoms with E-state index in [9.17, 15) is 45.6 Å². The summed E-state index contributed by atoms with van der Waals surface area (Å²) in [5.74, 6) is -0.243. The van der Waals surface area contributed by atoms with Gasteiger partial charge in [-0.1, -0.05) is 321 Å². The van der Waals surface area contributed by atoms with Crippen LogP contribution in [0.3, 0.4) is 0 Å². The summed E-state index contributed by atoms with van der Waals surface area (Å²) in [6, 6.07) is -0.928. The lowest BCUT2D eigenvalue weighted by Gasteiger charge is -2.46. The Morgan fingerprint density at radius 1 is 0.407 bits per heavy atom. The molecule has 14 nitrogen and oxygen atoms in total. The SMILES string of the molecule is CCCCCCCCC/C=C/CC/C=C/C(O)C(COC1OC(CO)C(OC2OC(CO)C(O)C(O)C2O)C(O)C1O)NC(=O)CCCCCCCCCCCCCCCCCCCCCCCCCCCCCCCCCCCCCCCCC. The average Bonchev–Trinajstić information content (AvgIpc) is 2.92. The fourth-order valence-corrected chi connectivity index (χ4v) is 12.3. The van der Waals surface area contributed by atoms with Gasteiger partial charge in [-0.25, -0.2) is 0 Å². The van der Waals surface area contributed by atoms with Crippen LogP contribution in [0.1, 0.15) is 335 Å². The molecular weight excluding hydrogens is 1090 g/mol. The molecule has 12 atom stereocenters. The van der Waals surface area contributed by atoms with E-state index in [-0.39, 0.29) is 18.9 Å². The second-order valence-electron chi connectivity index (χ2n) is 26.1. The van der Waals surface area contributed by atoms with Crippen molar-refractivity contribution in [3.05, 3.63) is 24.3 Å². The van der Waals surface area contributed by atoms with Crippen LogP contribution in [0.15, 0.2) is 24.3 Å². The van der Waals surface area contributed by atoms with Gasteiger partial charge in [-0.05, 0) is 32.1 Å². The Morgan fingerprint density at radius 3 is 1.14 bits per heavy atom. The molecule has 508 valence electrons. The second-order valence-corrected chi connectivity index (χ2v) is 26.1. The minimum atomic E-state index is -1.79. The van der Waals surface area contributed by atoms with Crippen molar-refractivity contribution in [1.82, 2.24) is 5.32 Å². The molecule has 0 aromatic heterocycles. The molecule has 0 aliphatic carbocycles. The highest BCUT2D eigenvalue weighted by molar-refractivity contribution is 5.76. The third-order valence-electron chi connectivity index (χ3n) is 18.1. The van der Waals surface area contributed by atoms with Crippen LogP contribution in [0.25, 0.3) is 0 Å². The number of nitrogens with one attached hydrogen (secondary N) is 1. The molecule has 0 aromatic carbocycles. The monoisotopic (exact) mass is 1220 g/mol. The molecule has 12 unspecified atom stereocenters. The van der Waals surface area contributed by atoms with E-state index in [2.05, 4.69) is 31.3 Å². The van der Waals surface area contributed by atoms with Crippen LogP contribution in [-0.2, 0) is 23.7 Å². The number of aliphatic hydroxyl groups excluding tert-OH is 8. The zero-order valence-corrected chi connectivity index (χ0v) is 55.3. The zero-order chi connectivity index (χ0) is 62.3. The van der Waals surface area contributed by atoms with Gasteiger partial charge in [0.25, 0.3) is 0 Å². The molecule has 0 radical (unpaired) electrons. The van der Waals surface area contributed by atoms with Crippen molar-refractivity contribution in [1.29, 1.82) is 0 Å². The molecule has 0 aromatic rings. The van der Waals surface area contributed by atoms with Gasteiger partial charge in [-0.3, -0.25) is 4.79 Å². The molecule has 0 spiro atoms. The summed E-state index contributed by atoms with van der Waals surface area (Å²) in [7, 11) is 0. The van der Waals surface area contributed by atoms with Gasteiger partial charge >= 0.3 is 0 Å². The van der Waals surface area contributed by atoms with E-state index in [0.717, 1.165) is 32.1 Å². The lowest BCUT2D eigenvalue weighted by atomic mass is 9.97. The van der Waals surface area contributed by atoms with Crippen molar-refractivity contribution in [3.63, 3.8) is 0 Å². The molecule has 2 heterocycles. The summed E-state index contributed by atoms with van der Waals surface area (Å²) in [4.78, 5) is 13.3. The van der Waals surface area contributed by atoms with Crippen molar-refractivity contribution in [2.45, 2.75) is 408 Å². The summed E-state index contributed by atoms with van der Waals surface area (Å²) < 4.78 is 22.8. The Kier molecular flexibility index (Phi) is 53.7. The summed E-state index contributed by atoms with van der Waals surface area (Å²) in [5.41, 5.74) is 0. The van der Waals surface area contributed by atoms with Crippen molar-refractivity contribution >= 4 is 5.91 Å². The Hall–Kier alpha value is -1.53. The van der Waals surface area contributed by atoms with Gasteiger partial charge in [0.1, 0.15) is 48.8 Å². The van der Waals surface area contributed by atoms with E-state index >= 15 is 0 Å². The van der Waals surface area contributed by atoms with Crippen LogP contribution in [0, 0.1) is 0 Å². The number of amides is 1. The molecule has 2 rings (SSSR count).